The Morgan fingerprint density at radius 2 is 1.74 bits per heavy atom. The number of nitrogens with zero attached hydrogens (tertiary/aromatic N) is 3. The molecule has 1 aliphatic heterocycles. The van der Waals surface area contributed by atoms with Gasteiger partial charge in [0.2, 0.25) is 5.95 Å². The van der Waals surface area contributed by atoms with Crippen LogP contribution in [0.25, 0.3) is 11.3 Å². The highest BCUT2D eigenvalue weighted by atomic mass is 19.1. The lowest BCUT2D eigenvalue weighted by molar-refractivity contribution is 0.0946. The van der Waals surface area contributed by atoms with E-state index in [0.29, 0.717) is 41.7 Å². The molecule has 0 radical (unpaired) electrons. The molecule has 7 nitrogen and oxygen atoms in total. The fourth-order valence-corrected chi connectivity index (χ4v) is 4.58. The predicted molar refractivity (Wildman–Crippen MR) is 151 cm³/mol. The first-order chi connectivity index (χ1) is 19.1. The number of ether oxygens (including phenoxy) is 1. The molecule has 0 bridgehead atoms. The van der Waals surface area contributed by atoms with Gasteiger partial charge >= 0.3 is 0 Å². The van der Waals surface area contributed by atoms with Crippen LogP contribution in [0.4, 0.5) is 16.0 Å². The van der Waals surface area contributed by atoms with Gasteiger partial charge in [0.15, 0.2) is 0 Å². The number of carbonyl (C=O) groups excluding carboxylic acids is 1. The Labute approximate surface area is 228 Å². The summed E-state index contributed by atoms with van der Waals surface area (Å²) in [4.78, 5) is 23.9. The highest BCUT2D eigenvalue weighted by Crippen LogP contribution is 2.31. The molecule has 4 aromatic rings. The molecule has 0 unspecified atom stereocenters. The molecular weight excluding hydrogens is 493 g/mol. The molecule has 3 aromatic carbocycles. The van der Waals surface area contributed by atoms with Crippen LogP contribution in [0.15, 0.2) is 85.1 Å². The van der Waals surface area contributed by atoms with E-state index in [1.165, 1.54) is 31.4 Å². The molecule has 39 heavy (non-hydrogen) atoms. The van der Waals surface area contributed by atoms with Crippen molar-refractivity contribution < 1.29 is 13.9 Å². The fourth-order valence-electron chi connectivity index (χ4n) is 4.58. The molecule has 1 amide bonds. The van der Waals surface area contributed by atoms with Crippen molar-refractivity contribution in [1.82, 2.24) is 20.2 Å². The molecule has 0 spiro atoms. The van der Waals surface area contributed by atoms with Gasteiger partial charge in [0.05, 0.1) is 5.69 Å². The van der Waals surface area contributed by atoms with Gasteiger partial charge in [-0.15, -0.1) is 0 Å². The number of hydrogen-bond donors (Lipinski definition) is 2. The lowest BCUT2D eigenvalue weighted by atomic mass is 10.1. The van der Waals surface area contributed by atoms with E-state index in [0.717, 1.165) is 30.9 Å². The molecule has 0 atom stereocenters. The summed E-state index contributed by atoms with van der Waals surface area (Å²) in [7, 11) is 0. The van der Waals surface area contributed by atoms with Gasteiger partial charge in [-0.05, 0) is 74.0 Å². The number of rotatable bonds is 10. The Balaban J connectivity index is 1.21. The number of likely N-dealkylation sites (tertiary alicyclic amines) is 1. The van der Waals surface area contributed by atoms with E-state index in [1.54, 1.807) is 30.5 Å². The van der Waals surface area contributed by atoms with Crippen LogP contribution < -0.4 is 15.4 Å². The SMILES string of the molecule is O=C(NCCN1CCCCC1)c1ccc(Nc2nccc(-c3ccc(F)cc3OCc3ccccc3)n2)cc1. The first kappa shape index (κ1) is 26.3. The Kier molecular flexibility index (Phi) is 8.75. The first-order valence-electron chi connectivity index (χ1n) is 13.3. The number of nitrogens with one attached hydrogen (secondary N) is 2. The van der Waals surface area contributed by atoms with Crippen molar-refractivity contribution in [2.75, 3.05) is 31.5 Å². The molecule has 8 heteroatoms. The van der Waals surface area contributed by atoms with Crippen molar-refractivity contribution in [3.05, 3.63) is 102 Å². The third kappa shape index (κ3) is 7.39. The number of carbonyl (C=O) groups is 1. The molecule has 200 valence electrons. The molecule has 2 N–H and O–H groups in total. The van der Waals surface area contributed by atoms with Crippen molar-refractivity contribution in [2.45, 2.75) is 25.9 Å². The van der Waals surface area contributed by atoms with E-state index in [2.05, 4.69) is 25.5 Å². The quantitative estimate of drug-likeness (QED) is 0.272. The zero-order valence-electron chi connectivity index (χ0n) is 21.8. The molecule has 1 aromatic heterocycles. The molecular formula is C31H32FN5O2. The summed E-state index contributed by atoms with van der Waals surface area (Å²) in [6, 6.07) is 23.1. The second kappa shape index (κ2) is 13.0. The van der Waals surface area contributed by atoms with Crippen molar-refractivity contribution >= 4 is 17.5 Å². The van der Waals surface area contributed by atoms with Gasteiger partial charge in [0, 0.05) is 42.2 Å². The first-order valence-corrected chi connectivity index (χ1v) is 13.3. The lowest BCUT2D eigenvalue weighted by Crippen LogP contribution is -2.37. The fraction of sp³-hybridized carbons (Fsp3) is 0.258. The Bertz CT molecular complexity index is 1380. The molecule has 5 rings (SSSR count). The third-order valence-electron chi connectivity index (χ3n) is 6.68. The maximum atomic E-state index is 14.0. The Morgan fingerprint density at radius 1 is 0.949 bits per heavy atom. The molecule has 1 saturated heterocycles. The van der Waals surface area contributed by atoms with E-state index in [-0.39, 0.29) is 11.7 Å². The van der Waals surface area contributed by atoms with Crippen LogP contribution in [-0.4, -0.2) is 47.0 Å². The largest absolute Gasteiger partial charge is 0.488 e. The van der Waals surface area contributed by atoms with Gasteiger partial charge in [0.1, 0.15) is 18.2 Å². The second-order valence-electron chi connectivity index (χ2n) is 9.54. The predicted octanol–water partition coefficient (Wildman–Crippen LogP) is 5.82. The minimum atomic E-state index is -0.384. The van der Waals surface area contributed by atoms with Crippen molar-refractivity contribution in [2.24, 2.45) is 0 Å². The van der Waals surface area contributed by atoms with E-state index >= 15 is 0 Å². The molecule has 1 aliphatic rings. The van der Waals surface area contributed by atoms with Crippen LogP contribution in [0.5, 0.6) is 5.75 Å². The molecule has 0 saturated carbocycles. The van der Waals surface area contributed by atoms with Gasteiger partial charge in [-0.2, -0.15) is 0 Å². The van der Waals surface area contributed by atoms with Gasteiger partial charge in [0.25, 0.3) is 5.91 Å². The van der Waals surface area contributed by atoms with Crippen LogP contribution in [-0.2, 0) is 6.61 Å². The third-order valence-corrected chi connectivity index (χ3v) is 6.68. The van der Waals surface area contributed by atoms with E-state index < -0.39 is 0 Å². The van der Waals surface area contributed by atoms with Gasteiger partial charge in [-0.25, -0.2) is 14.4 Å². The van der Waals surface area contributed by atoms with Crippen molar-refractivity contribution in [3.8, 4) is 17.0 Å². The van der Waals surface area contributed by atoms with E-state index in [4.69, 9.17) is 4.74 Å². The number of benzene rings is 3. The van der Waals surface area contributed by atoms with E-state index in [9.17, 15) is 9.18 Å². The summed E-state index contributed by atoms with van der Waals surface area (Å²) in [6.07, 6.45) is 5.42. The number of anilines is 2. The summed E-state index contributed by atoms with van der Waals surface area (Å²) in [6.45, 7) is 4.06. The van der Waals surface area contributed by atoms with Gasteiger partial charge in [-0.3, -0.25) is 4.79 Å². The van der Waals surface area contributed by atoms with Gasteiger partial charge in [-0.1, -0.05) is 36.8 Å². The minimum absolute atomic E-state index is 0.0869. The normalized spacial score (nSPS) is 13.6. The second-order valence-corrected chi connectivity index (χ2v) is 9.54. The average Bonchev–Trinajstić information content (AvgIpc) is 2.98. The van der Waals surface area contributed by atoms with E-state index in [1.807, 2.05) is 42.5 Å². The topological polar surface area (TPSA) is 79.4 Å². The maximum Gasteiger partial charge on any atom is 0.251 e. The number of halogens is 1. The highest BCUT2D eigenvalue weighted by molar-refractivity contribution is 5.94. The average molecular weight is 526 g/mol. The van der Waals surface area contributed by atoms with Crippen molar-refractivity contribution in [3.63, 3.8) is 0 Å². The summed E-state index contributed by atoms with van der Waals surface area (Å²) in [5.74, 6) is 0.310. The number of hydrogen-bond acceptors (Lipinski definition) is 6. The summed E-state index contributed by atoms with van der Waals surface area (Å²) in [5.41, 5.74) is 3.59. The lowest BCUT2D eigenvalue weighted by Gasteiger charge is -2.26. The monoisotopic (exact) mass is 525 g/mol. The summed E-state index contributed by atoms with van der Waals surface area (Å²) in [5, 5.41) is 6.19. The number of piperidine rings is 1. The zero-order chi connectivity index (χ0) is 26.9. The molecule has 0 aliphatic carbocycles. The Morgan fingerprint density at radius 3 is 2.54 bits per heavy atom. The van der Waals surface area contributed by atoms with Gasteiger partial charge < -0.3 is 20.3 Å². The maximum absolute atomic E-state index is 14.0. The zero-order valence-corrected chi connectivity index (χ0v) is 21.8. The number of aromatic nitrogens is 2. The molecule has 2 heterocycles. The molecule has 1 fully saturated rings. The number of amides is 1. The Hall–Kier alpha value is -4.30. The van der Waals surface area contributed by atoms with Crippen LogP contribution in [0.2, 0.25) is 0 Å². The summed E-state index contributed by atoms with van der Waals surface area (Å²) >= 11 is 0. The highest BCUT2D eigenvalue weighted by Gasteiger charge is 2.13. The van der Waals surface area contributed by atoms with Crippen LogP contribution in [0.1, 0.15) is 35.2 Å². The van der Waals surface area contributed by atoms with Crippen LogP contribution >= 0.6 is 0 Å². The summed E-state index contributed by atoms with van der Waals surface area (Å²) < 4.78 is 20.0. The van der Waals surface area contributed by atoms with Crippen LogP contribution in [0, 0.1) is 5.82 Å². The minimum Gasteiger partial charge on any atom is -0.488 e. The van der Waals surface area contributed by atoms with Crippen molar-refractivity contribution in [1.29, 1.82) is 0 Å². The standard InChI is InChI=1S/C31H32FN5O2/c32-25-11-14-27(29(21-25)39-22-23-7-3-1-4-8-23)28-15-16-34-31(36-28)35-26-12-9-24(10-13-26)30(38)33-17-20-37-18-5-2-6-19-37/h1,3-4,7-16,21H,2,5-6,17-20,22H2,(H,33,38)(H,34,35,36). The van der Waals surface area contributed by atoms with Crippen LogP contribution in [0.3, 0.4) is 0 Å². The smallest absolute Gasteiger partial charge is 0.251 e.